The first-order chi connectivity index (χ1) is 8.59. The van der Waals surface area contributed by atoms with Crippen LogP contribution in [0.5, 0.6) is 0 Å². The van der Waals surface area contributed by atoms with Crippen molar-refractivity contribution in [2.45, 2.75) is 46.5 Å². The van der Waals surface area contributed by atoms with Crippen LogP contribution < -0.4 is 0 Å². The van der Waals surface area contributed by atoms with Crippen LogP contribution in [-0.4, -0.2) is 11.1 Å². The zero-order chi connectivity index (χ0) is 14.0. The summed E-state index contributed by atoms with van der Waals surface area (Å²) < 4.78 is 0. The molecule has 2 nitrogen and oxygen atoms in total. The normalized spacial score (nSPS) is 9.28. The molecule has 2 heteroatoms. The van der Waals surface area contributed by atoms with E-state index in [-0.39, 0.29) is 6.42 Å². The van der Waals surface area contributed by atoms with Gasteiger partial charge >= 0.3 is 5.97 Å². The van der Waals surface area contributed by atoms with E-state index in [0.29, 0.717) is 0 Å². The molecule has 0 saturated heterocycles. The highest BCUT2D eigenvalue weighted by atomic mass is 16.4. The molecule has 1 aromatic carbocycles. The highest BCUT2D eigenvalue weighted by Gasteiger charge is 1.99. The number of allylic oxidation sites excluding steroid dienone is 1. The number of hydrogen-bond donors (Lipinski definition) is 1. The Kier molecular flexibility index (Phi) is 8.63. The van der Waals surface area contributed by atoms with Gasteiger partial charge in [-0.25, -0.2) is 0 Å². The molecule has 1 rings (SSSR count). The molecule has 0 aliphatic carbocycles. The second-order valence-electron chi connectivity index (χ2n) is 4.08. The first-order valence-corrected chi connectivity index (χ1v) is 6.56. The number of hydrogen-bond acceptors (Lipinski definition) is 1. The molecule has 18 heavy (non-hydrogen) atoms. The van der Waals surface area contributed by atoms with Crippen LogP contribution in [0.15, 0.2) is 30.8 Å². The van der Waals surface area contributed by atoms with E-state index >= 15 is 0 Å². The van der Waals surface area contributed by atoms with Gasteiger partial charge in [0.15, 0.2) is 0 Å². The smallest absolute Gasteiger partial charge is 0.303 e. The highest BCUT2D eigenvalue weighted by Crippen LogP contribution is 2.15. The highest BCUT2D eigenvalue weighted by molar-refractivity contribution is 5.66. The molecular weight excluding hydrogens is 224 g/mol. The van der Waals surface area contributed by atoms with Crippen LogP contribution in [0.2, 0.25) is 0 Å². The van der Waals surface area contributed by atoms with Gasteiger partial charge in [0.1, 0.15) is 0 Å². The van der Waals surface area contributed by atoms with Crippen LogP contribution in [0.4, 0.5) is 0 Å². The molecule has 0 spiro atoms. The van der Waals surface area contributed by atoms with E-state index in [2.05, 4.69) is 18.7 Å². The Hall–Kier alpha value is -1.57. The number of aryl methyl sites for hydroxylation is 1. The molecule has 0 aliphatic rings. The molecule has 1 aromatic rings. The number of carbonyl (C=O) groups is 1. The fourth-order valence-electron chi connectivity index (χ4n) is 1.60. The minimum Gasteiger partial charge on any atom is -0.481 e. The fourth-order valence-corrected chi connectivity index (χ4v) is 1.60. The van der Waals surface area contributed by atoms with Gasteiger partial charge in [-0.15, -0.1) is 0 Å². The van der Waals surface area contributed by atoms with E-state index in [1.807, 2.05) is 32.9 Å². The van der Waals surface area contributed by atoms with Crippen molar-refractivity contribution in [3.05, 3.63) is 42.0 Å². The zero-order valence-corrected chi connectivity index (χ0v) is 11.7. The molecule has 1 N–H and O–H groups in total. The second-order valence-corrected chi connectivity index (χ2v) is 4.08. The molecule has 0 unspecified atom stereocenters. The van der Waals surface area contributed by atoms with Gasteiger partial charge < -0.3 is 5.11 Å². The lowest BCUT2D eigenvalue weighted by molar-refractivity contribution is -0.137. The minimum atomic E-state index is -0.712. The van der Waals surface area contributed by atoms with Crippen molar-refractivity contribution in [2.75, 3.05) is 0 Å². The largest absolute Gasteiger partial charge is 0.481 e. The van der Waals surface area contributed by atoms with E-state index in [9.17, 15) is 4.79 Å². The van der Waals surface area contributed by atoms with Gasteiger partial charge in [0.2, 0.25) is 0 Å². The third-order valence-electron chi connectivity index (χ3n) is 2.53. The summed E-state index contributed by atoms with van der Waals surface area (Å²) in [5.41, 5.74) is 3.48. The number of aliphatic carboxylic acids is 1. The number of unbranched alkanes of at least 4 members (excludes halogenated alkanes) is 1. The summed E-state index contributed by atoms with van der Waals surface area (Å²) in [6.45, 7) is 9.90. The zero-order valence-electron chi connectivity index (χ0n) is 11.7. The van der Waals surface area contributed by atoms with E-state index in [1.54, 1.807) is 0 Å². The van der Waals surface area contributed by atoms with Gasteiger partial charge in [-0.2, -0.15) is 0 Å². The molecule has 0 heterocycles. The molecule has 0 aromatic heterocycles. The maximum Gasteiger partial charge on any atom is 0.303 e. The number of carboxylic acids is 1. The summed E-state index contributed by atoms with van der Waals surface area (Å²) in [6, 6.07) is 8.27. The standard InChI is InChI=1S/C14H18O2.C2H6/c1-11(2)13-8-5-7-12(10-13)6-3-4-9-14(15)16;1-2/h5,7-8,10H,1,3-4,6,9H2,2H3,(H,15,16);1-2H3. The lowest BCUT2D eigenvalue weighted by Gasteiger charge is -2.04. The fraction of sp³-hybridized carbons (Fsp3) is 0.438. The monoisotopic (exact) mass is 248 g/mol. The SMILES string of the molecule is C=C(C)c1cccc(CCCCC(=O)O)c1.CC. The Morgan fingerprint density at radius 2 is 1.94 bits per heavy atom. The average molecular weight is 248 g/mol. The lowest BCUT2D eigenvalue weighted by atomic mass is 10.0. The maximum absolute atomic E-state index is 10.3. The van der Waals surface area contributed by atoms with Crippen LogP contribution in [0.1, 0.15) is 51.2 Å². The van der Waals surface area contributed by atoms with Crippen molar-refractivity contribution in [3.8, 4) is 0 Å². The Balaban J connectivity index is 0.00000137. The molecular formula is C16H24O2. The van der Waals surface area contributed by atoms with E-state index in [4.69, 9.17) is 5.11 Å². The Morgan fingerprint density at radius 1 is 1.28 bits per heavy atom. The van der Waals surface area contributed by atoms with Gasteiger partial charge in [0, 0.05) is 6.42 Å². The first-order valence-electron chi connectivity index (χ1n) is 6.56. The van der Waals surface area contributed by atoms with Crippen molar-refractivity contribution in [2.24, 2.45) is 0 Å². The molecule has 0 radical (unpaired) electrons. The number of rotatable bonds is 6. The molecule has 0 aliphatic heterocycles. The van der Waals surface area contributed by atoms with Gasteiger partial charge in [0.25, 0.3) is 0 Å². The van der Waals surface area contributed by atoms with E-state index < -0.39 is 5.97 Å². The summed E-state index contributed by atoms with van der Waals surface area (Å²) in [7, 11) is 0. The summed E-state index contributed by atoms with van der Waals surface area (Å²) >= 11 is 0. The third-order valence-corrected chi connectivity index (χ3v) is 2.53. The van der Waals surface area contributed by atoms with Crippen LogP contribution in [0, 0.1) is 0 Å². The van der Waals surface area contributed by atoms with Crippen molar-refractivity contribution < 1.29 is 9.90 Å². The van der Waals surface area contributed by atoms with Crippen LogP contribution in [-0.2, 0) is 11.2 Å². The van der Waals surface area contributed by atoms with Crippen molar-refractivity contribution in [1.29, 1.82) is 0 Å². The molecule has 100 valence electrons. The van der Waals surface area contributed by atoms with Crippen molar-refractivity contribution in [1.82, 2.24) is 0 Å². The number of benzene rings is 1. The van der Waals surface area contributed by atoms with Crippen LogP contribution in [0.3, 0.4) is 0 Å². The van der Waals surface area contributed by atoms with Gasteiger partial charge in [-0.3, -0.25) is 4.79 Å². The summed E-state index contributed by atoms with van der Waals surface area (Å²) in [5, 5.41) is 8.52. The molecule has 0 atom stereocenters. The summed E-state index contributed by atoms with van der Waals surface area (Å²) in [4.78, 5) is 10.3. The van der Waals surface area contributed by atoms with Gasteiger partial charge in [0.05, 0.1) is 0 Å². The third kappa shape index (κ3) is 6.89. The predicted molar refractivity (Wildman–Crippen MR) is 77.7 cm³/mol. The maximum atomic E-state index is 10.3. The topological polar surface area (TPSA) is 37.3 Å². The van der Waals surface area contributed by atoms with Crippen molar-refractivity contribution >= 4 is 11.5 Å². The van der Waals surface area contributed by atoms with Crippen LogP contribution in [0.25, 0.3) is 5.57 Å². The van der Waals surface area contributed by atoms with Crippen LogP contribution >= 0.6 is 0 Å². The summed E-state index contributed by atoms with van der Waals surface area (Å²) in [6.07, 6.45) is 2.87. The Bertz CT molecular complexity index is 380. The molecule has 0 amide bonds. The minimum absolute atomic E-state index is 0.264. The quantitative estimate of drug-likeness (QED) is 0.750. The first kappa shape index (κ1) is 16.4. The van der Waals surface area contributed by atoms with Gasteiger partial charge in [-0.1, -0.05) is 50.3 Å². The van der Waals surface area contributed by atoms with Crippen molar-refractivity contribution in [3.63, 3.8) is 0 Å². The second kappa shape index (κ2) is 9.46. The Morgan fingerprint density at radius 3 is 2.50 bits per heavy atom. The Labute approximate surface area is 110 Å². The predicted octanol–water partition coefficient (Wildman–Crippen LogP) is 4.54. The van der Waals surface area contributed by atoms with E-state index in [0.717, 1.165) is 30.4 Å². The average Bonchev–Trinajstić information content (AvgIpc) is 2.37. The van der Waals surface area contributed by atoms with E-state index in [1.165, 1.54) is 5.56 Å². The molecule has 0 bridgehead atoms. The number of carboxylic acid groups (broad SMARTS) is 1. The summed E-state index contributed by atoms with van der Waals surface area (Å²) in [5.74, 6) is -0.712. The molecule has 0 fully saturated rings. The molecule has 0 saturated carbocycles. The lowest BCUT2D eigenvalue weighted by Crippen LogP contribution is -1.95. The van der Waals surface area contributed by atoms with Gasteiger partial charge in [-0.05, 0) is 37.3 Å².